The normalized spacial score (nSPS) is 17.1. The predicted octanol–water partition coefficient (Wildman–Crippen LogP) is 3.27. The number of benzene rings is 1. The molecular formula is C15H19Cl2N3O. The van der Waals surface area contributed by atoms with E-state index in [-0.39, 0.29) is 18.4 Å². The van der Waals surface area contributed by atoms with Gasteiger partial charge in [0, 0.05) is 23.5 Å². The largest absolute Gasteiger partial charge is 0.388 e. The maximum absolute atomic E-state index is 9.94. The average Bonchev–Trinajstić information content (AvgIpc) is 3.14. The second kappa shape index (κ2) is 5.97. The summed E-state index contributed by atoms with van der Waals surface area (Å²) < 4.78 is 0. The van der Waals surface area contributed by atoms with Crippen LogP contribution in [0.5, 0.6) is 0 Å². The van der Waals surface area contributed by atoms with Crippen LogP contribution in [0.25, 0.3) is 10.9 Å². The number of nitrogens with one attached hydrogen (secondary N) is 1. The average molecular weight is 328 g/mol. The molecule has 2 aromatic rings. The number of nitrogens with two attached hydrogens (primary N) is 1. The molecule has 1 aliphatic carbocycles. The fourth-order valence-corrected chi connectivity index (χ4v) is 2.46. The summed E-state index contributed by atoms with van der Waals surface area (Å²) >= 11 is 6.19. The highest BCUT2D eigenvalue weighted by Crippen LogP contribution is 2.36. The molecule has 0 saturated heterocycles. The van der Waals surface area contributed by atoms with Crippen molar-refractivity contribution in [2.75, 3.05) is 11.9 Å². The van der Waals surface area contributed by atoms with Crippen LogP contribution in [-0.2, 0) is 0 Å². The summed E-state index contributed by atoms with van der Waals surface area (Å²) in [5, 5.41) is 14.7. The first kappa shape index (κ1) is 16.3. The molecule has 6 heteroatoms. The number of pyridine rings is 1. The third kappa shape index (κ3) is 3.40. The molecule has 1 atom stereocenters. The molecule has 3 rings (SSSR count). The third-order valence-electron chi connectivity index (χ3n) is 3.73. The number of nitrogens with zero attached hydrogens (tertiary/aromatic N) is 1. The maximum atomic E-state index is 9.94. The number of para-hydroxylation sites is 1. The van der Waals surface area contributed by atoms with E-state index in [9.17, 15) is 5.11 Å². The lowest BCUT2D eigenvalue weighted by molar-refractivity contribution is 0.164. The summed E-state index contributed by atoms with van der Waals surface area (Å²) in [6, 6.07) is 7.57. The Morgan fingerprint density at radius 2 is 2.19 bits per heavy atom. The molecule has 1 heterocycles. The topological polar surface area (TPSA) is 71.2 Å². The Balaban J connectivity index is 0.00000161. The van der Waals surface area contributed by atoms with Crippen LogP contribution in [0.3, 0.4) is 0 Å². The number of fused-ring (bicyclic) bond motifs is 1. The van der Waals surface area contributed by atoms with E-state index in [0.717, 1.165) is 29.3 Å². The summed E-state index contributed by atoms with van der Waals surface area (Å²) in [6.07, 6.45) is 1.67. The molecule has 4 N–H and O–H groups in total. The van der Waals surface area contributed by atoms with Crippen LogP contribution in [0, 0.1) is 0 Å². The lowest BCUT2D eigenvalue weighted by Crippen LogP contribution is -2.22. The second-order valence-corrected chi connectivity index (χ2v) is 6.01. The molecular weight excluding hydrogens is 309 g/mol. The molecule has 1 aromatic heterocycles. The number of hydrogen-bond acceptors (Lipinski definition) is 4. The molecule has 1 fully saturated rings. The van der Waals surface area contributed by atoms with Crippen LogP contribution >= 0.6 is 24.0 Å². The Morgan fingerprint density at radius 1 is 1.48 bits per heavy atom. The third-order valence-corrected chi connectivity index (χ3v) is 4.03. The van der Waals surface area contributed by atoms with Crippen molar-refractivity contribution < 1.29 is 5.11 Å². The number of hydrogen-bond donors (Lipinski definition) is 3. The van der Waals surface area contributed by atoms with Gasteiger partial charge in [-0.25, -0.2) is 4.98 Å². The highest BCUT2D eigenvalue weighted by Gasteiger charge is 2.40. The Hall–Kier alpha value is -1.07. The van der Waals surface area contributed by atoms with E-state index in [1.54, 1.807) is 0 Å². The molecule has 0 spiro atoms. The Bertz CT molecular complexity index is 657. The van der Waals surface area contributed by atoms with Gasteiger partial charge in [-0.05, 0) is 31.9 Å². The lowest BCUT2D eigenvalue weighted by atomic mass is 10.1. The first-order chi connectivity index (χ1) is 9.48. The van der Waals surface area contributed by atoms with Crippen molar-refractivity contribution in [2.45, 2.75) is 31.4 Å². The highest BCUT2D eigenvalue weighted by atomic mass is 35.5. The minimum absolute atomic E-state index is 0. The molecule has 4 nitrogen and oxygen atoms in total. The van der Waals surface area contributed by atoms with Crippen molar-refractivity contribution in [1.82, 2.24) is 4.98 Å². The monoisotopic (exact) mass is 327 g/mol. The van der Waals surface area contributed by atoms with Crippen molar-refractivity contribution >= 4 is 40.7 Å². The molecule has 1 saturated carbocycles. The Labute approximate surface area is 135 Å². The molecule has 1 aromatic carbocycles. The zero-order chi connectivity index (χ0) is 14.3. The summed E-state index contributed by atoms with van der Waals surface area (Å²) in [5.74, 6) is 0.709. The molecule has 0 radical (unpaired) electrons. The van der Waals surface area contributed by atoms with Gasteiger partial charge in [-0.15, -0.1) is 12.4 Å². The minimum atomic E-state index is -0.577. The van der Waals surface area contributed by atoms with Crippen LogP contribution in [0.1, 0.15) is 31.4 Å². The van der Waals surface area contributed by atoms with E-state index in [4.69, 9.17) is 17.3 Å². The van der Waals surface area contributed by atoms with Gasteiger partial charge in [0.25, 0.3) is 0 Å². The number of anilines is 1. The van der Waals surface area contributed by atoms with Gasteiger partial charge in [0.05, 0.1) is 16.1 Å². The Kier molecular flexibility index (Phi) is 4.63. The first-order valence-electron chi connectivity index (χ1n) is 6.79. The quantitative estimate of drug-likeness (QED) is 0.806. The van der Waals surface area contributed by atoms with Crippen molar-refractivity contribution in [3.63, 3.8) is 0 Å². The molecule has 0 aliphatic heterocycles. The molecule has 0 amide bonds. The summed E-state index contributed by atoms with van der Waals surface area (Å²) in [5.41, 5.74) is 7.13. The predicted molar refractivity (Wildman–Crippen MR) is 89.3 cm³/mol. The van der Waals surface area contributed by atoms with Gasteiger partial charge in [-0.3, -0.25) is 0 Å². The Morgan fingerprint density at radius 3 is 2.81 bits per heavy atom. The zero-order valence-corrected chi connectivity index (χ0v) is 13.3. The fraction of sp³-hybridized carbons (Fsp3) is 0.400. The molecule has 0 unspecified atom stereocenters. The van der Waals surface area contributed by atoms with Gasteiger partial charge < -0.3 is 16.2 Å². The van der Waals surface area contributed by atoms with Crippen molar-refractivity contribution in [1.29, 1.82) is 0 Å². The van der Waals surface area contributed by atoms with Gasteiger partial charge in [-0.2, -0.15) is 0 Å². The van der Waals surface area contributed by atoms with Crippen LogP contribution in [0.2, 0.25) is 5.02 Å². The van der Waals surface area contributed by atoms with Crippen LogP contribution in [-0.4, -0.2) is 22.2 Å². The number of aliphatic hydroxyl groups is 1. The van der Waals surface area contributed by atoms with Crippen molar-refractivity contribution in [3.8, 4) is 0 Å². The van der Waals surface area contributed by atoms with Gasteiger partial charge in [0.2, 0.25) is 0 Å². The maximum Gasteiger partial charge on any atom is 0.131 e. The molecule has 0 bridgehead atoms. The lowest BCUT2D eigenvalue weighted by Gasteiger charge is -2.17. The van der Waals surface area contributed by atoms with E-state index in [1.165, 1.54) is 0 Å². The zero-order valence-electron chi connectivity index (χ0n) is 11.8. The van der Waals surface area contributed by atoms with Crippen LogP contribution in [0.15, 0.2) is 24.3 Å². The van der Waals surface area contributed by atoms with E-state index < -0.39 is 5.60 Å². The number of aromatic nitrogens is 1. The van der Waals surface area contributed by atoms with Crippen molar-refractivity contribution in [3.05, 3.63) is 34.9 Å². The molecule has 114 valence electrons. The summed E-state index contributed by atoms with van der Waals surface area (Å²) in [6.45, 7) is 2.42. The highest BCUT2D eigenvalue weighted by molar-refractivity contribution is 6.35. The van der Waals surface area contributed by atoms with E-state index in [2.05, 4.69) is 10.3 Å². The van der Waals surface area contributed by atoms with Crippen LogP contribution in [0.4, 0.5) is 5.82 Å². The molecule has 1 aliphatic rings. The summed E-state index contributed by atoms with van der Waals surface area (Å²) in [4.78, 5) is 4.59. The smallest absolute Gasteiger partial charge is 0.131 e. The first-order valence-corrected chi connectivity index (χ1v) is 7.17. The number of halogens is 2. The number of rotatable bonds is 4. The van der Waals surface area contributed by atoms with Gasteiger partial charge in [0.1, 0.15) is 5.82 Å². The van der Waals surface area contributed by atoms with Crippen LogP contribution < -0.4 is 11.1 Å². The second-order valence-electron chi connectivity index (χ2n) is 5.60. The van der Waals surface area contributed by atoms with E-state index in [1.807, 2.05) is 31.2 Å². The van der Waals surface area contributed by atoms with E-state index in [0.29, 0.717) is 17.4 Å². The minimum Gasteiger partial charge on any atom is -0.388 e. The summed E-state index contributed by atoms with van der Waals surface area (Å²) in [7, 11) is 0. The van der Waals surface area contributed by atoms with E-state index >= 15 is 0 Å². The van der Waals surface area contributed by atoms with Gasteiger partial charge in [-0.1, -0.05) is 23.7 Å². The fourth-order valence-electron chi connectivity index (χ4n) is 2.24. The van der Waals surface area contributed by atoms with Crippen molar-refractivity contribution in [2.24, 2.45) is 5.73 Å². The SMILES string of the molecule is C[C@H](N)c1cc2cccc(Cl)c2nc1NCC1(O)CC1.Cl. The molecule has 21 heavy (non-hydrogen) atoms. The van der Waals surface area contributed by atoms with Gasteiger partial charge >= 0.3 is 0 Å². The standard InChI is InChI=1S/C15H18ClN3O.ClH/c1-9(17)11-7-10-3-2-4-12(16)13(10)19-14(11)18-8-15(20)5-6-15;/h2-4,7,9,20H,5-6,8,17H2,1H3,(H,18,19);1H/t9-;/m0./s1. The van der Waals surface area contributed by atoms with Gasteiger partial charge in [0.15, 0.2) is 0 Å².